The number of aryl methyl sites for hydroxylation is 1. The highest BCUT2D eigenvalue weighted by atomic mass is 127. The topological polar surface area (TPSA) is 67.1 Å². The molecule has 1 aromatic carbocycles. The number of benzene rings is 1. The summed E-state index contributed by atoms with van der Waals surface area (Å²) in [4.78, 5) is 4.61. The van der Waals surface area contributed by atoms with Crippen molar-refractivity contribution in [3.8, 4) is 0 Å². The van der Waals surface area contributed by atoms with E-state index in [-0.39, 0.29) is 29.8 Å². The Morgan fingerprint density at radius 3 is 2.67 bits per heavy atom. The second-order valence-corrected chi connectivity index (χ2v) is 6.77. The molecule has 0 atom stereocenters. The fraction of sp³-hybridized carbons (Fsp3) is 0.500. The quantitative estimate of drug-likeness (QED) is 0.225. The average Bonchev–Trinajstić information content (AvgIpc) is 3.11. The summed E-state index contributed by atoms with van der Waals surface area (Å²) in [5, 5.41) is 14.7. The molecule has 27 heavy (non-hydrogen) atoms. The minimum atomic E-state index is -0.230. The number of nitrogens with zero attached hydrogens (tertiary/aromatic N) is 4. The van der Waals surface area contributed by atoms with E-state index in [0.29, 0.717) is 6.54 Å². The number of hydrogen-bond donors (Lipinski definition) is 2. The Kier molecular flexibility index (Phi) is 12.1. The van der Waals surface area contributed by atoms with Gasteiger partial charge in [0.15, 0.2) is 5.96 Å². The van der Waals surface area contributed by atoms with Gasteiger partial charge in [0.25, 0.3) is 0 Å². The van der Waals surface area contributed by atoms with Gasteiger partial charge in [-0.1, -0.05) is 19.1 Å². The normalized spacial score (nSPS) is 11.1. The number of aliphatic imine (C=N–C) groups is 1. The Hall–Kier alpha value is -1.36. The molecule has 2 aromatic rings. The molecule has 0 aliphatic heterocycles. The van der Waals surface area contributed by atoms with E-state index in [0.717, 1.165) is 55.6 Å². The van der Waals surface area contributed by atoms with Crippen molar-refractivity contribution >= 4 is 41.7 Å². The molecule has 0 saturated heterocycles. The van der Waals surface area contributed by atoms with Gasteiger partial charge in [0, 0.05) is 26.1 Å². The average molecular weight is 506 g/mol. The van der Waals surface area contributed by atoms with Gasteiger partial charge in [-0.05, 0) is 36.1 Å². The van der Waals surface area contributed by atoms with E-state index in [9.17, 15) is 4.39 Å². The van der Waals surface area contributed by atoms with Crippen molar-refractivity contribution in [2.24, 2.45) is 4.99 Å². The first kappa shape index (κ1) is 23.7. The van der Waals surface area contributed by atoms with Crippen molar-refractivity contribution in [1.29, 1.82) is 0 Å². The van der Waals surface area contributed by atoms with Crippen LogP contribution >= 0.6 is 35.7 Å². The summed E-state index contributed by atoms with van der Waals surface area (Å²) >= 11 is 1.83. The molecule has 0 bridgehead atoms. The van der Waals surface area contributed by atoms with Crippen LogP contribution in [0.1, 0.15) is 24.7 Å². The summed E-state index contributed by atoms with van der Waals surface area (Å²) in [5.41, 5.74) is 0.976. The maximum absolute atomic E-state index is 13.0. The van der Waals surface area contributed by atoms with Crippen molar-refractivity contribution in [2.45, 2.75) is 32.9 Å². The van der Waals surface area contributed by atoms with Gasteiger partial charge in [0.05, 0.1) is 6.54 Å². The van der Waals surface area contributed by atoms with Crippen LogP contribution in [0.2, 0.25) is 0 Å². The van der Waals surface area contributed by atoms with Crippen molar-refractivity contribution in [3.05, 3.63) is 47.8 Å². The summed E-state index contributed by atoms with van der Waals surface area (Å²) in [6.45, 7) is 4.94. The monoisotopic (exact) mass is 506 g/mol. The summed E-state index contributed by atoms with van der Waals surface area (Å²) in [7, 11) is 0. The highest BCUT2D eigenvalue weighted by molar-refractivity contribution is 14.0. The van der Waals surface area contributed by atoms with E-state index < -0.39 is 0 Å². The highest BCUT2D eigenvalue weighted by Gasteiger charge is 2.03. The van der Waals surface area contributed by atoms with Crippen molar-refractivity contribution in [2.75, 3.05) is 25.1 Å². The number of guanidine groups is 1. The van der Waals surface area contributed by atoms with Crippen molar-refractivity contribution in [3.63, 3.8) is 0 Å². The van der Waals surface area contributed by atoms with Crippen molar-refractivity contribution < 1.29 is 4.39 Å². The predicted molar refractivity (Wildman–Crippen MR) is 121 cm³/mol. The van der Waals surface area contributed by atoms with Crippen LogP contribution in [0.3, 0.4) is 0 Å². The fourth-order valence-corrected chi connectivity index (χ4v) is 2.83. The second kappa shape index (κ2) is 13.8. The molecule has 0 saturated carbocycles. The summed E-state index contributed by atoms with van der Waals surface area (Å²) in [6, 6.07) is 6.44. The molecular weight excluding hydrogens is 478 g/mol. The zero-order chi connectivity index (χ0) is 18.6. The molecule has 1 heterocycles. The van der Waals surface area contributed by atoms with Gasteiger partial charge >= 0.3 is 0 Å². The van der Waals surface area contributed by atoms with Crippen LogP contribution in [-0.4, -0.2) is 45.8 Å². The Labute approximate surface area is 181 Å². The zero-order valence-corrected chi connectivity index (χ0v) is 19.0. The molecule has 6 nitrogen and oxygen atoms in total. The summed E-state index contributed by atoms with van der Waals surface area (Å²) < 4.78 is 15.1. The van der Waals surface area contributed by atoms with Gasteiger partial charge < -0.3 is 15.2 Å². The number of halogens is 2. The molecule has 0 aliphatic carbocycles. The number of nitrogens with one attached hydrogen (secondary N) is 2. The molecule has 0 radical (unpaired) electrons. The molecule has 0 amide bonds. The Morgan fingerprint density at radius 2 is 1.96 bits per heavy atom. The first-order valence-corrected chi connectivity index (χ1v) is 10.2. The molecule has 150 valence electrons. The lowest BCUT2D eigenvalue weighted by Gasteiger charge is -2.13. The number of thioether (sulfide) groups is 1. The first-order chi connectivity index (χ1) is 12.7. The zero-order valence-electron chi connectivity index (χ0n) is 15.8. The largest absolute Gasteiger partial charge is 0.356 e. The van der Waals surface area contributed by atoms with E-state index in [1.165, 1.54) is 12.1 Å². The Balaban J connectivity index is 0.00000364. The maximum Gasteiger partial charge on any atom is 0.191 e. The van der Waals surface area contributed by atoms with Crippen LogP contribution in [0.4, 0.5) is 4.39 Å². The van der Waals surface area contributed by atoms with Crippen molar-refractivity contribution in [1.82, 2.24) is 25.4 Å². The van der Waals surface area contributed by atoms with E-state index in [1.807, 2.05) is 16.3 Å². The first-order valence-electron chi connectivity index (χ1n) is 8.85. The maximum atomic E-state index is 13.0. The van der Waals surface area contributed by atoms with Gasteiger partial charge in [0.1, 0.15) is 18.0 Å². The van der Waals surface area contributed by atoms with E-state index in [2.05, 4.69) is 39.0 Å². The number of aromatic nitrogens is 3. The third-order valence-corrected chi connectivity index (χ3v) is 4.50. The van der Waals surface area contributed by atoms with Gasteiger partial charge in [0.2, 0.25) is 0 Å². The van der Waals surface area contributed by atoms with E-state index in [4.69, 9.17) is 0 Å². The highest BCUT2D eigenvalue weighted by Crippen LogP contribution is 2.04. The summed E-state index contributed by atoms with van der Waals surface area (Å²) in [6.07, 6.45) is 5.79. The SMILES string of the molecule is CCc1nncn1CCNC(=NCc1ccc(F)cc1)NCCCSC.I. The predicted octanol–water partition coefficient (Wildman–Crippen LogP) is 3.09. The smallest absolute Gasteiger partial charge is 0.191 e. The molecule has 1 aromatic heterocycles. The standard InChI is InChI=1S/C18H27FN6S.HI/c1-3-17-24-23-14-25(17)11-10-21-18(20-9-4-12-26-2)22-13-15-5-7-16(19)8-6-15;/h5-8,14H,3-4,9-13H2,1-2H3,(H2,20,21,22);1H. The molecule has 0 unspecified atom stereocenters. The van der Waals surface area contributed by atoms with Crippen LogP contribution in [0, 0.1) is 5.82 Å². The van der Waals surface area contributed by atoms with Gasteiger partial charge in [-0.25, -0.2) is 9.38 Å². The van der Waals surface area contributed by atoms with E-state index >= 15 is 0 Å². The van der Waals surface area contributed by atoms with Gasteiger partial charge in [-0.3, -0.25) is 0 Å². The molecule has 0 spiro atoms. The van der Waals surface area contributed by atoms with Crippen LogP contribution in [0.25, 0.3) is 0 Å². The molecule has 9 heteroatoms. The second-order valence-electron chi connectivity index (χ2n) is 5.79. The van der Waals surface area contributed by atoms with Gasteiger partial charge in [-0.2, -0.15) is 11.8 Å². The molecule has 2 N–H and O–H groups in total. The lowest BCUT2D eigenvalue weighted by Crippen LogP contribution is -2.39. The summed E-state index contributed by atoms with van der Waals surface area (Å²) in [5.74, 6) is 2.62. The molecule has 2 rings (SSSR count). The fourth-order valence-electron chi connectivity index (χ4n) is 2.39. The third-order valence-electron chi connectivity index (χ3n) is 3.81. The van der Waals surface area contributed by atoms with Crippen LogP contribution < -0.4 is 10.6 Å². The van der Waals surface area contributed by atoms with Crippen LogP contribution in [-0.2, 0) is 19.5 Å². The Morgan fingerprint density at radius 1 is 1.22 bits per heavy atom. The van der Waals surface area contributed by atoms with Crippen LogP contribution in [0.15, 0.2) is 35.6 Å². The Bertz CT molecular complexity index is 677. The number of rotatable bonds is 10. The third kappa shape index (κ3) is 8.91. The minimum absolute atomic E-state index is 0. The minimum Gasteiger partial charge on any atom is -0.356 e. The molecular formula is C18H28FIN6S. The number of hydrogen-bond acceptors (Lipinski definition) is 4. The lowest BCUT2D eigenvalue weighted by atomic mass is 10.2. The van der Waals surface area contributed by atoms with Gasteiger partial charge in [-0.15, -0.1) is 34.2 Å². The lowest BCUT2D eigenvalue weighted by molar-refractivity contribution is 0.626. The molecule has 0 aliphatic rings. The van der Waals surface area contributed by atoms with Crippen LogP contribution in [0.5, 0.6) is 0 Å². The molecule has 0 fully saturated rings. The van der Waals surface area contributed by atoms with E-state index in [1.54, 1.807) is 18.5 Å².